The number of nitrogens with zero attached hydrogens (tertiary/aromatic N) is 3. The molecule has 0 aromatic rings. The molecule has 1 aliphatic rings. The second kappa shape index (κ2) is 14.3. The van der Waals surface area contributed by atoms with Crippen molar-refractivity contribution in [3.63, 3.8) is 0 Å². The number of aliphatic imine (C=N–C) groups is 1. The molecule has 0 aromatic heterocycles. The molecule has 0 bridgehead atoms. The zero-order valence-electron chi connectivity index (χ0n) is 15.5. The van der Waals surface area contributed by atoms with Crippen LogP contribution in [-0.2, 0) is 4.74 Å². The Hall–Kier alpha value is -0.0800. The van der Waals surface area contributed by atoms with Crippen LogP contribution in [0.3, 0.4) is 0 Å². The van der Waals surface area contributed by atoms with E-state index in [2.05, 4.69) is 35.9 Å². The standard InChI is InChI=1S/C17H36N4O.HI/c1-5-18-17(21-13-10-16(14-21)15-22-4)19-11-8-9-12-20(6-2)7-3;/h16H,5-15H2,1-4H3,(H,18,19);1H. The molecule has 1 rings (SSSR count). The van der Waals surface area contributed by atoms with Crippen molar-refractivity contribution in [3.8, 4) is 0 Å². The van der Waals surface area contributed by atoms with Crippen molar-refractivity contribution in [2.24, 2.45) is 10.9 Å². The molecule has 1 saturated heterocycles. The van der Waals surface area contributed by atoms with E-state index in [4.69, 9.17) is 9.73 Å². The Bertz CT molecular complexity index is 311. The van der Waals surface area contributed by atoms with E-state index in [1.165, 1.54) is 25.8 Å². The highest BCUT2D eigenvalue weighted by Crippen LogP contribution is 2.16. The Morgan fingerprint density at radius 3 is 2.61 bits per heavy atom. The fourth-order valence-corrected chi connectivity index (χ4v) is 2.99. The first kappa shape index (κ1) is 22.9. The molecule has 0 aromatic carbocycles. The van der Waals surface area contributed by atoms with Crippen molar-refractivity contribution < 1.29 is 4.74 Å². The van der Waals surface area contributed by atoms with E-state index in [0.717, 1.165) is 51.8 Å². The maximum Gasteiger partial charge on any atom is 0.193 e. The molecule has 1 heterocycles. The van der Waals surface area contributed by atoms with Crippen LogP contribution in [0, 0.1) is 5.92 Å². The molecular formula is C17H37IN4O. The van der Waals surface area contributed by atoms with Gasteiger partial charge >= 0.3 is 0 Å². The summed E-state index contributed by atoms with van der Waals surface area (Å²) in [5.41, 5.74) is 0. The first-order valence-electron chi connectivity index (χ1n) is 8.99. The van der Waals surface area contributed by atoms with Gasteiger partial charge in [-0.3, -0.25) is 4.99 Å². The van der Waals surface area contributed by atoms with Gasteiger partial charge in [0, 0.05) is 39.2 Å². The third-order valence-corrected chi connectivity index (χ3v) is 4.36. The zero-order valence-corrected chi connectivity index (χ0v) is 17.8. The lowest BCUT2D eigenvalue weighted by molar-refractivity contribution is 0.157. The lowest BCUT2D eigenvalue weighted by atomic mass is 10.1. The lowest BCUT2D eigenvalue weighted by Gasteiger charge is -2.22. The van der Waals surface area contributed by atoms with Crippen molar-refractivity contribution in [2.75, 3.05) is 59.5 Å². The Morgan fingerprint density at radius 2 is 2.00 bits per heavy atom. The van der Waals surface area contributed by atoms with Crippen LogP contribution in [0.5, 0.6) is 0 Å². The van der Waals surface area contributed by atoms with Gasteiger partial charge in [-0.2, -0.15) is 0 Å². The molecule has 0 saturated carbocycles. The summed E-state index contributed by atoms with van der Waals surface area (Å²) in [5.74, 6) is 1.74. The average molecular weight is 440 g/mol. The van der Waals surface area contributed by atoms with Gasteiger partial charge in [0.15, 0.2) is 5.96 Å². The fraction of sp³-hybridized carbons (Fsp3) is 0.941. The predicted molar refractivity (Wildman–Crippen MR) is 110 cm³/mol. The van der Waals surface area contributed by atoms with Crippen LogP contribution in [0.25, 0.3) is 0 Å². The number of nitrogens with one attached hydrogen (secondary N) is 1. The SMILES string of the molecule is CCNC(=NCCCCN(CC)CC)N1CCC(COC)C1.I. The van der Waals surface area contributed by atoms with E-state index in [1.807, 2.05) is 0 Å². The number of rotatable bonds is 10. The molecule has 1 N–H and O–H groups in total. The highest BCUT2D eigenvalue weighted by Gasteiger charge is 2.24. The predicted octanol–water partition coefficient (Wildman–Crippen LogP) is 2.66. The molecule has 138 valence electrons. The summed E-state index contributed by atoms with van der Waals surface area (Å²) < 4.78 is 5.28. The zero-order chi connectivity index (χ0) is 16.2. The number of guanidine groups is 1. The van der Waals surface area contributed by atoms with Crippen molar-refractivity contribution in [2.45, 2.75) is 40.0 Å². The second-order valence-corrected chi connectivity index (χ2v) is 6.03. The molecule has 1 unspecified atom stereocenters. The minimum atomic E-state index is 0. The van der Waals surface area contributed by atoms with Gasteiger partial charge in [0.1, 0.15) is 0 Å². The number of unbranched alkanes of at least 4 members (excludes halogenated alkanes) is 1. The smallest absolute Gasteiger partial charge is 0.193 e. The van der Waals surface area contributed by atoms with Crippen LogP contribution in [0.4, 0.5) is 0 Å². The molecule has 23 heavy (non-hydrogen) atoms. The summed E-state index contributed by atoms with van der Waals surface area (Å²) in [5, 5.41) is 3.43. The van der Waals surface area contributed by atoms with Gasteiger partial charge in [-0.1, -0.05) is 13.8 Å². The van der Waals surface area contributed by atoms with Crippen LogP contribution >= 0.6 is 24.0 Å². The number of hydrogen-bond donors (Lipinski definition) is 1. The van der Waals surface area contributed by atoms with E-state index in [1.54, 1.807) is 7.11 Å². The van der Waals surface area contributed by atoms with Crippen molar-refractivity contribution in [1.82, 2.24) is 15.1 Å². The second-order valence-electron chi connectivity index (χ2n) is 6.03. The van der Waals surface area contributed by atoms with E-state index in [-0.39, 0.29) is 24.0 Å². The van der Waals surface area contributed by atoms with E-state index >= 15 is 0 Å². The van der Waals surface area contributed by atoms with Crippen molar-refractivity contribution in [3.05, 3.63) is 0 Å². The topological polar surface area (TPSA) is 40.1 Å². The number of methoxy groups -OCH3 is 1. The number of likely N-dealkylation sites (tertiary alicyclic amines) is 1. The highest BCUT2D eigenvalue weighted by molar-refractivity contribution is 14.0. The molecule has 1 fully saturated rings. The van der Waals surface area contributed by atoms with Crippen LogP contribution in [0.1, 0.15) is 40.0 Å². The van der Waals surface area contributed by atoms with E-state index in [9.17, 15) is 0 Å². The maximum absolute atomic E-state index is 5.28. The van der Waals surface area contributed by atoms with Gasteiger partial charge in [-0.15, -0.1) is 24.0 Å². The van der Waals surface area contributed by atoms with Gasteiger partial charge < -0.3 is 19.9 Å². The third-order valence-electron chi connectivity index (χ3n) is 4.36. The first-order chi connectivity index (χ1) is 10.7. The van der Waals surface area contributed by atoms with E-state index in [0.29, 0.717) is 5.92 Å². The molecule has 1 aliphatic heterocycles. The number of ether oxygens (including phenoxy) is 1. The Labute approximate surface area is 160 Å². The van der Waals surface area contributed by atoms with Crippen molar-refractivity contribution >= 4 is 29.9 Å². The monoisotopic (exact) mass is 440 g/mol. The summed E-state index contributed by atoms with van der Waals surface area (Å²) in [6, 6.07) is 0. The molecule has 5 nitrogen and oxygen atoms in total. The summed E-state index contributed by atoms with van der Waals surface area (Å²) >= 11 is 0. The van der Waals surface area contributed by atoms with Crippen LogP contribution in [0.15, 0.2) is 4.99 Å². The van der Waals surface area contributed by atoms with Gasteiger partial charge in [0.2, 0.25) is 0 Å². The molecule has 1 atom stereocenters. The van der Waals surface area contributed by atoms with Crippen LogP contribution in [0.2, 0.25) is 0 Å². The van der Waals surface area contributed by atoms with Gasteiger partial charge in [0.05, 0.1) is 6.61 Å². The van der Waals surface area contributed by atoms with Gasteiger partial charge in [0.25, 0.3) is 0 Å². The minimum absolute atomic E-state index is 0. The maximum atomic E-state index is 5.28. The molecular weight excluding hydrogens is 403 g/mol. The Kier molecular flexibility index (Phi) is 14.2. The van der Waals surface area contributed by atoms with Gasteiger partial charge in [-0.05, 0) is 45.8 Å². The van der Waals surface area contributed by atoms with Gasteiger partial charge in [-0.25, -0.2) is 0 Å². The van der Waals surface area contributed by atoms with E-state index < -0.39 is 0 Å². The lowest BCUT2D eigenvalue weighted by Crippen LogP contribution is -2.40. The van der Waals surface area contributed by atoms with Crippen LogP contribution in [-0.4, -0.2) is 75.3 Å². The largest absolute Gasteiger partial charge is 0.384 e. The highest BCUT2D eigenvalue weighted by atomic mass is 127. The Morgan fingerprint density at radius 1 is 1.26 bits per heavy atom. The summed E-state index contributed by atoms with van der Waals surface area (Å²) in [7, 11) is 1.79. The molecule has 0 amide bonds. The van der Waals surface area contributed by atoms with Crippen LogP contribution < -0.4 is 5.32 Å². The minimum Gasteiger partial charge on any atom is -0.384 e. The molecule has 0 aliphatic carbocycles. The fourth-order valence-electron chi connectivity index (χ4n) is 2.99. The summed E-state index contributed by atoms with van der Waals surface area (Å²) in [6.07, 6.45) is 3.61. The van der Waals surface area contributed by atoms with Crippen molar-refractivity contribution in [1.29, 1.82) is 0 Å². The average Bonchev–Trinajstić information content (AvgIpc) is 2.99. The molecule has 0 radical (unpaired) electrons. The molecule has 0 spiro atoms. The summed E-state index contributed by atoms with van der Waals surface area (Å²) in [4.78, 5) is 9.67. The normalized spacial score (nSPS) is 18.4. The first-order valence-corrected chi connectivity index (χ1v) is 8.99. The number of halogens is 1. The Balaban J connectivity index is 0.00000484. The third kappa shape index (κ3) is 9.10. The summed E-state index contributed by atoms with van der Waals surface area (Å²) in [6.45, 7) is 15.0. The number of hydrogen-bond acceptors (Lipinski definition) is 3. The molecule has 6 heteroatoms. The quantitative estimate of drug-likeness (QED) is 0.246.